The Morgan fingerprint density at radius 3 is 2.85 bits per heavy atom. The maximum atomic E-state index is 5.19. The van der Waals surface area contributed by atoms with Crippen molar-refractivity contribution in [3.05, 3.63) is 34.9 Å². The van der Waals surface area contributed by atoms with E-state index in [1.807, 2.05) is 12.3 Å². The molecule has 13 heavy (non-hydrogen) atoms. The van der Waals surface area contributed by atoms with E-state index >= 15 is 0 Å². The van der Waals surface area contributed by atoms with Crippen LogP contribution in [0.1, 0.15) is 0 Å². The van der Waals surface area contributed by atoms with Crippen molar-refractivity contribution in [1.29, 1.82) is 0 Å². The third-order valence-electron chi connectivity index (χ3n) is 1.99. The van der Waals surface area contributed by atoms with Crippen LogP contribution in [0.15, 0.2) is 34.9 Å². The lowest BCUT2D eigenvalue weighted by atomic mass is 10.2. The first kappa shape index (κ1) is 9.12. The molecule has 0 spiro atoms. The molecule has 4 heteroatoms. The van der Waals surface area contributed by atoms with Crippen LogP contribution >= 0.6 is 28.1 Å². The highest BCUT2D eigenvalue weighted by molar-refractivity contribution is 9.10. The van der Waals surface area contributed by atoms with E-state index in [1.165, 1.54) is 10.9 Å². The number of hydrogen-bond acceptors (Lipinski definition) is 1. The summed E-state index contributed by atoms with van der Waals surface area (Å²) in [7, 11) is 0.923. The van der Waals surface area contributed by atoms with E-state index in [9.17, 15) is 0 Å². The Hall–Kier alpha value is -0.453. The van der Waals surface area contributed by atoms with Gasteiger partial charge in [-0.3, -0.25) is 0 Å². The van der Waals surface area contributed by atoms with Crippen molar-refractivity contribution < 1.29 is 0 Å². The maximum Gasteiger partial charge on any atom is 0.0744 e. The van der Waals surface area contributed by atoms with Crippen molar-refractivity contribution in [1.82, 2.24) is 4.57 Å². The minimum absolute atomic E-state index is 0.923. The van der Waals surface area contributed by atoms with Gasteiger partial charge in [-0.25, -0.2) is 0 Å². The summed E-state index contributed by atoms with van der Waals surface area (Å²) >= 11 is 8.63. The SMILES string of the molecule is [SiH3]C(=S)n1ccc2cc(Br)ccc21. The van der Waals surface area contributed by atoms with Crippen molar-refractivity contribution in [3.63, 3.8) is 0 Å². The number of fused-ring (bicyclic) bond motifs is 1. The Bertz CT molecular complexity index is 477. The average Bonchev–Trinajstić information content (AvgIpc) is 2.46. The van der Waals surface area contributed by atoms with Crippen molar-refractivity contribution in [2.75, 3.05) is 0 Å². The lowest BCUT2D eigenvalue weighted by Gasteiger charge is -2.01. The van der Waals surface area contributed by atoms with Gasteiger partial charge in [0, 0.05) is 16.1 Å². The molecule has 0 amide bonds. The van der Waals surface area contributed by atoms with Gasteiger partial charge in [0.25, 0.3) is 0 Å². The first-order valence-electron chi connectivity index (χ1n) is 3.96. The maximum absolute atomic E-state index is 5.19. The van der Waals surface area contributed by atoms with E-state index in [1.54, 1.807) is 0 Å². The molecule has 0 saturated heterocycles. The van der Waals surface area contributed by atoms with E-state index in [4.69, 9.17) is 12.2 Å². The number of halogens is 1. The van der Waals surface area contributed by atoms with Crippen LogP contribution < -0.4 is 0 Å². The van der Waals surface area contributed by atoms with Gasteiger partial charge in [-0.2, -0.15) is 0 Å². The third kappa shape index (κ3) is 1.61. The van der Waals surface area contributed by atoms with Crippen molar-refractivity contribution in [3.8, 4) is 0 Å². The number of nitrogens with zero attached hydrogens (tertiary/aromatic N) is 1. The zero-order valence-electron chi connectivity index (χ0n) is 7.12. The molecule has 0 fully saturated rings. The molecule has 0 atom stereocenters. The molecule has 0 N–H and O–H groups in total. The first-order chi connectivity index (χ1) is 6.18. The second kappa shape index (κ2) is 3.36. The number of benzene rings is 1. The second-order valence-electron chi connectivity index (χ2n) is 2.91. The standard InChI is InChI=1S/C9H8BrNSSi/c10-7-1-2-8-6(5-7)3-4-11(8)9(12)13/h1-5H,13H3. The molecule has 0 bridgehead atoms. The summed E-state index contributed by atoms with van der Waals surface area (Å²) in [6.07, 6.45) is 2.03. The molecule has 2 rings (SSSR count). The summed E-state index contributed by atoms with van der Waals surface area (Å²) in [6, 6.07) is 8.32. The van der Waals surface area contributed by atoms with Gasteiger partial charge in [-0.1, -0.05) is 28.1 Å². The molecule has 1 aromatic heterocycles. The Balaban J connectivity index is 2.76. The van der Waals surface area contributed by atoms with Crippen molar-refractivity contribution >= 4 is 53.9 Å². The molecule has 0 aliphatic carbocycles. The van der Waals surface area contributed by atoms with Gasteiger partial charge < -0.3 is 4.57 Å². The lowest BCUT2D eigenvalue weighted by molar-refractivity contribution is 1.28. The molecule has 1 heterocycles. The summed E-state index contributed by atoms with van der Waals surface area (Å²) in [5.74, 6) is 0. The highest BCUT2D eigenvalue weighted by Crippen LogP contribution is 2.20. The van der Waals surface area contributed by atoms with Gasteiger partial charge >= 0.3 is 0 Å². The topological polar surface area (TPSA) is 4.93 Å². The van der Waals surface area contributed by atoms with Crippen LogP contribution in [0.25, 0.3) is 10.9 Å². The zero-order valence-corrected chi connectivity index (χ0v) is 11.5. The molecular formula is C9H8BrNSSi. The highest BCUT2D eigenvalue weighted by atomic mass is 79.9. The predicted molar refractivity (Wildman–Crippen MR) is 67.6 cm³/mol. The fraction of sp³-hybridized carbons (Fsp3) is 0. The normalized spacial score (nSPS) is 10.8. The van der Waals surface area contributed by atoms with Crippen LogP contribution in [0.2, 0.25) is 0 Å². The first-order valence-corrected chi connectivity index (χ1v) is 6.16. The molecule has 1 aromatic carbocycles. The van der Waals surface area contributed by atoms with E-state index in [0.717, 1.165) is 19.3 Å². The highest BCUT2D eigenvalue weighted by Gasteiger charge is 2.01. The number of rotatable bonds is 0. The van der Waals surface area contributed by atoms with Crippen LogP contribution in [-0.4, -0.2) is 19.4 Å². The average molecular weight is 270 g/mol. The molecule has 0 saturated carbocycles. The molecule has 0 unspecified atom stereocenters. The van der Waals surface area contributed by atoms with Crippen LogP contribution in [0.4, 0.5) is 0 Å². The van der Waals surface area contributed by atoms with Crippen LogP contribution in [0, 0.1) is 0 Å². The molecular weight excluding hydrogens is 262 g/mol. The van der Waals surface area contributed by atoms with Gasteiger partial charge in [0.2, 0.25) is 0 Å². The Kier molecular flexibility index (Phi) is 2.36. The van der Waals surface area contributed by atoms with Crippen LogP contribution in [0.5, 0.6) is 0 Å². The van der Waals surface area contributed by atoms with E-state index < -0.39 is 0 Å². The van der Waals surface area contributed by atoms with E-state index in [2.05, 4.69) is 38.7 Å². The third-order valence-corrected chi connectivity index (χ3v) is 3.16. The minimum atomic E-state index is 0.923. The molecule has 1 nitrogen and oxygen atoms in total. The summed E-state index contributed by atoms with van der Waals surface area (Å²) in [6.45, 7) is 0. The lowest BCUT2D eigenvalue weighted by Crippen LogP contribution is -2.05. The molecule has 66 valence electrons. The molecule has 0 aliphatic rings. The second-order valence-corrected chi connectivity index (χ2v) is 6.09. The Labute approximate surface area is 93.3 Å². The fourth-order valence-corrected chi connectivity index (χ4v) is 2.32. The van der Waals surface area contributed by atoms with E-state index in [0.29, 0.717) is 0 Å². The molecule has 0 radical (unpaired) electrons. The van der Waals surface area contributed by atoms with Gasteiger partial charge in [-0.15, -0.1) is 0 Å². The Morgan fingerprint density at radius 1 is 1.38 bits per heavy atom. The molecule has 0 aliphatic heterocycles. The summed E-state index contributed by atoms with van der Waals surface area (Å²) in [5, 5.41) is 1.23. The predicted octanol–water partition coefficient (Wildman–Crippen LogP) is 1.90. The van der Waals surface area contributed by atoms with Gasteiger partial charge in [0.15, 0.2) is 0 Å². The summed E-state index contributed by atoms with van der Waals surface area (Å²) in [4.78, 5) is 0. The zero-order chi connectivity index (χ0) is 9.42. The largest absolute Gasteiger partial charge is 0.316 e. The minimum Gasteiger partial charge on any atom is -0.316 e. The molecule has 2 aromatic rings. The number of aromatic nitrogens is 1. The van der Waals surface area contributed by atoms with Crippen molar-refractivity contribution in [2.45, 2.75) is 0 Å². The van der Waals surface area contributed by atoms with E-state index in [-0.39, 0.29) is 0 Å². The summed E-state index contributed by atoms with van der Waals surface area (Å²) in [5.41, 5.74) is 1.20. The number of thiocarbonyl (C=S) groups is 1. The number of hydrogen-bond donors (Lipinski definition) is 0. The van der Waals surface area contributed by atoms with Crippen molar-refractivity contribution in [2.24, 2.45) is 0 Å². The monoisotopic (exact) mass is 269 g/mol. The van der Waals surface area contributed by atoms with Gasteiger partial charge in [0.05, 0.1) is 20.4 Å². The van der Waals surface area contributed by atoms with Crippen LogP contribution in [0.3, 0.4) is 0 Å². The summed E-state index contributed by atoms with van der Waals surface area (Å²) < 4.78 is 4.19. The van der Waals surface area contributed by atoms with Gasteiger partial charge in [0.1, 0.15) is 0 Å². The Morgan fingerprint density at radius 2 is 2.15 bits per heavy atom. The quantitative estimate of drug-likeness (QED) is 0.523. The van der Waals surface area contributed by atoms with Crippen LogP contribution in [-0.2, 0) is 0 Å². The smallest absolute Gasteiger partial charge is 0.0744 e. The fourth-order valence-electron chi connectivity index (χ4n) is 1.39. The van der Waals surface area contributed by atoms with Gasteiger partial charge in [-0.05, 0) is 24.3 Å².